The van der Waals surface area contributed by atoms with Gasteiger partial charge in [-0.25, -0.2) is 4.98 Å². The first-order chi connectivity index (χ1) is 7.18. The number of nitrogens with zero attached hydrogens (tertiary/aromatic N) is 1. The Balaban J connectivity index is 2.17. The van der Waals surface area contributed by atoms with Crippen molar-refractivity contribution in [2.75, 3.05) is 30.8 Å². The van der Waals surface area contributed by atoms with Gasteiger partial charge in [-0.05, 0) is 6.07 Å². The van der Waals surface area contributed by atoms with Crippen molar-refractivity contribution in [2.45, 2.75) is 0 Å². The summed E-state index contributed by atoms with van der Waals surface area (Å²) in [4.78, 5) is 14.4. The summed E-state index contributed by atoms with van der Waals surface area (Å²) in [5, 5.41) is 2.99. The number of nitrogen functional groups attached to an aromatic ring is 1. The van der Waals surface area contributed by atoms with Gasteiger partial charge in [0.25, 0.3) is 0 Å². The van der Waals surface area contributed by atoms with E-state index in [1.165, 1.54) is 0 Å². The van der Waals surface area contributed by atoms with E-state index in [2.05, 4.69) is 10.3 Å². The molecule has 5 N–H and O–H groups in total. The number of hydrogen-bond acceptors (Lipinski definition) is 5. The first kappa shape index (κ1) is 11.3. The summed E-state index contributed by atoms with van der Waals surface area (Å²) in [6.07, 6.45) is 1.61. The van der Waals surface area contributed by atoms with Gasteiger partial charge in [-0.3, -0.25) is 4.79 Å². The first-order valence-electron chi connectivity index (χ1n) is 4.50. The van der Waals surface area contributed by atoms with Crippen LogP contribution < -0.4 is 16.8 Å². The summed E-state index contributed by atoms with van der Waals surface area (Å²) >= 11 is 0. The van der Waals surface area contributed by atoms with E-state index in [0.717, 1.165) is 0 Å². The van der Waals surface area contributed by atoms with Crippen LogP contribution in [0.15, 0.2) is 18.3 Å². The van der Waals surface area contributed by atoms with Crippen molar-refractivity contribution in [3.63, 3.8) is 0 Å². The van der Waals surface area contributed by atoms with Gasteiger partial charge in [-0.2, -0.15) is 0 Å². The molecule has 0 unspecified atom stereocenters. The number of hydrogen-bond donors (Lipinski definition) is 3. The molecule has 1 aromatic heterocycles. The van der Waals surface area contributed by atoms with Crippen molar-refractivity contribution in [3.8, 4) is 0 Å². The molecule has 0 bridgehead atoms. The molecule has 6 nitrogen and oxygen atoms in total. The van der Waals surface area contributed by atoms with Gasteiger partial charge in [0.15, 0.2) is 0 Å². The second-order valence-corrected chi connectivity index (χ2v) is 2.92. The monoisotopic (exact) mass is 210 g/mol. The van der Waals surface area contributed by atoms with Crippen LogP contribution in [0.25, 0.3) is 0 Å². The number of ether oxygens (including phenoxy) is 1. The Kier molecular flexibility index (Phi) is 4.36. The molecule has 1 rings (SSSR count). The molecule has 0 aliphatic heterocycles. The highest BCUT2D eigenvalue weighted by Crippen LogP contribution is 2.06. The number of primary amides is 1. The van der Waals surface area contributed by atoms with Crippen LogP contribution in [0.2, 0.25) is 0 Å². The second kappa shape index (κ2) is 5.82. The van der Waals surface area contributed by atoms with E-state index in [1.54, 1.807) is 18.3 Å². The largest absolute Gasteiger partial charge is 0.399 e. The lowest BCUT2D eigenvalue weighted by Gasteiger charge is -2.05. The molecule has 0 atom stereocenters. The van der Waals surface area contributed by atoms with Gasteiger partial charge in [-0.1, -0.05) is 0 Å². The van der Waals surface area contributed by atoms with Crippen molar-refractivity contribution >= 4 is 17.4 Å². The van der Waals surface area contributed by atoms with Gasteiger partial charge in [-0.15, -0.1) is 0 Å². The predicted molar refractivity (Wildman–Crippen MR) is 57.2 cm³/mol. The van der Waals surface area contributed by atoms with Crippen molar-refractivity contribution < 1.29 is 9.53 Å². The van der Waals surface area contributed by atoms with E-state index >= 15 is 0 Å². The summed E-state index contributed by atoms with van der Waals surface area (Å²) in [6, 6.07) is 3.42. The highest BCUT2D eigenvalue weighted by atomic mass is 16.5. The Bertz CT molecular complexity index is 330. The molecular formula is C9H14N4O2. The summed E-state index contributed by atoms with van der Waals surface area (Å²) in [5.41, 5.74) is 11.1. The molecule has 6 heteroatoms. The quantitative estimate of drug-likeness (QED) is 0.553. The van der Waals surface area contributed by atoms with E-state index in [0.29, 0.717) is 24.7 Å². The number of pyridine rings is 1. The van der Waals surface area contributed by atoms with Gasteiger partial charge < -0.3 is 21.5 Å². The lowest BCUT2D eigenvalue weighted by molar-refractivity contribution is -0.122. The zero-order valence-electron chi connectivity index (χ0n) is 8.27. The van der Waals surface area contributed by atoms with E-state index in [9.17, 15) is 4.79 Å². The average molecular weight is 210 g/mol. The maximum Gasteiger partial charge on any atom is 0.243 e. The fourth-order valence-corrected chi connectivity index (χ4v) is 0.968. The Hall–Kier alpha value is -1.82. The van der Waals surface area contributed by atoms with Crippen LogP contribution in [0.1, 0.15) is 0 Å². The standard InChI is InChI=1S/C9H14N4O2/c10-7-1-2-12-9(5-7)13-3-4-15-6-8(11)14/h1-2,5H,3-4,6H2,(H2,11,14)(H3,10,12,13). The molecule has 15 heavy (non-hydrogen) atoms. The molecule has 0 aliphatic carbocycles. The van der Waals surface area contributed by atoms with Gasteiger partial charge >= 0.3 is 0 Å². The van der Waals surface area contributed by atoms with E-state index in [1.807, 2.05) is 0 Å². The molecule has 0 saturated carbocycles. The average Bonchev–Trinajstić information content (AvgIpc) is 2.17. The molecule has 1 heterocycles. The predicted octanol–water partition coefficient (Wildman–Crippen LogP) is -0.422. The van der Waals surface area contributed by atoms with E-state index in [-0.39, 0.29) is 6.61 Å². The minimum absolute atomic E-state index is 0.0635. The Morgan fingerprint density at radius 1 is 1.60 bits per heavy atom. The van der Waals surface area contributed by atoms with Crippen LogP contribution in [0, 0.1) is 0 Å². The summed E-state index contributed by atoms with van der Waals surface area (Å²) in [5.74, 6) is 0.203. The van der Waals surface area contributed by atoms with Crippen LogP contribution in [-0.2, 0) is 9.53 Å². The molecule has 0 radical (unpaired) electrons. The highest BCUT2D eigenvalue weighted by molar-refractivity contribution is 5.74. The van der Waals surface area contributed by atoms with E-state index in [4.69, 9.17) is 16.2 Å². The fourth-order valence-electron chi connectivity index (χ4n) is 0.968. The number of amides is 1. The molecule has 1 amide bonds. The van der Waals surface area contributed by atoms with Crippen molar-refractivity contribution in [1.82, 2.24) is 4.98 Å². The molecule has 0 aromatic carbocycles. The Labute approximate surface area is 87.6 Å². The smallest absolute Gasteiger partial charge is 0.243 e. The minimum Gasteiger partial charge on any atom is -0.399 e. The zero-order valence-corrected chi connectivity index (χ0v) is 8.27. The Morgan fingerprint density at radius 3 is 3.07 bits per heavy atom. The number of aromatic nitrogens is 1. The van der Waals surface area contributed by atoms with Gasteiger partial charge in [0.1, 0.15) is 12.4 Å². The van der Waals surface area contributed by atoms with Crippen LogP contribution in [0.4, 0.5) is 11.5 Å². The fraction of sp³-hybridized carbons (Fsp3) is 0.333. The topological polar surface area (TPSA) is 103 Å². The SMILES string of the molecule is NC(=O)COCCNc1cc(N)ccn1. The molecule has 0 saturated heterocycles. The van der Waals surface area contributed by atoms with Crippen LogP contribution in [-0.4, -0.2) is 30.6 Å². The van der Waals surface area contributed by atoms with Crippen LogP contribution in [0.3, 0.4) is 0 Å². The molecule has 0 aliphatic rings. The number of carbonyl (C=O) groups excluding carboxylic acids is 1. The Morgan fingerprint density at radius 2 is 2.40 bits per heavy atom. The maximum absolute atomic E-state index is 10.3. The van der Waals surface area contributed by atoms with Crippen molar-refractivity contribution in [3.05, 3.63) is 18.3 Å². The first-order valence-corrected chi connectivity index (χ1v) is 4.50. The van der Waals surface area contributed by atoms with E-state index < -0.39 is 5.91 Å². The summed E-state index contributed by atoms with van der Waals surface area (Å²) in [7, 11) is 0. The summed E-state index contributed by atoms with van der Waals surface area (Å²) in [6.45, 7) is 0.870. The number of rotatable bonds is 6. The normalized spacial score (nSPS) is 9.87. The third kappa shape index (κ3) is 4.82. The van der Waals surface area contributed by atoms with Crippen molar-refractivity contribution in [1.29, 1.82) is 0 Å². The number of carbonyl (C=O) groups is 1. The van der Waals surface area contributed by atoms with Crippen molar-refractivity contribution in [2.24, 2.45) is 5.73 Å². The third-order valence-electron chi connectivity index (χ3n) is 1.58. The molecule has 82 valence electrons. The third-order valence-corrected chi connectivity index (χ3v) is 1.58. The van der Waals surface area contributed by atoms with Gasteiger partial charge in [0, 0.05) is 24.5 Å². The minimum atomic E-state index is -0.475. The maximum atomic E-state index is 10.3. The molecular weight excluding hydrogens is 196 g/mol. The number of nitrogens with two attached hydrogens (primary N) is 2. The molecule has 1 aromatic rings. The van der Waals surface area contributed by atoms with Gasteiger partial charge in [0.05, 0.1) is 6.61 Å². The molecule has 0 spiro atoms. The lowest BCUT2D eigenvalue weighted by atomic mass is 10.4. The van der Waals surface area contributed by atoms with Crippen LogP contribution in [0.5, 0.6) is 0 Å². The molecule has 0 fully saturated rings. The number of anilines is 2. The lowest BCUT2D eigenvalue weighted by Crippen LogP contribution is -2.20. The summed E-state index contributed by atoms with van der Waals surface area (Å²) < 4.78 is 4.95. The highest BCUT2D eigenvalue weighted by Gasteiger charge is 1.95. The second-order valence-electron chi connectivity index (χ2n) is 2.92. The van der Waals surface area contributed by atoms with Gasteiger partial charge in [0.2, 0.25) is 5.91 Å². The van der Waals surface area contributed by atoms with Crippen LogP contribution >= 0.6 is 0 Å². The number of nitrogens with one attached hydrogen (secondary N) is 1. The zero-order chi connectivity index (χ0) is 11.1.